The lowest BCUT2D eigenvalue weighted by Gasteiger charge is -2.17. The molecule has 1 aromatic rings. The molecule has 0 radical (unpaired) electrons. The number of amides is 1. The van der Waals surface area contributed by atoms with Crippen LogP contribution in [-0.4, -0.2) is 45.8 Å². The Kier molecular flexibility index (Phi) is 5.47. The second-order valence-electron chi connectivity index (χ2n) is 3.79. The Morgan fingerprint density at radius 1 is 1.44 bits per heavy atom. The summed E-state index contributed by atoms with van der Waals surface area (Å²) < 4.78 is 4.79. The van der Waals surface area contributed by atoms with E-state index >= 15 is 0 Å². The van der Waals surface area contributed by atoms with Crippen LogP contribution in [0.3, 0.4) is 0 Å². The van der Waals surface area contributed by atoms with Crippen molar-refractivity contribution < 1.29 is 19.7 Å². The highest BCUT2D eigenvalue weighted by molar-refractivity contribution is 5.72. The van der Waals surface area contributed by atoms with Gasteiger partial charge in [0.05, 0.1) is 13.2 Å². The number of hydrogen-bond donors (Lipinski definition) is 3. The van der Waals surface area contributed by atoms with Gasteiger partial charge in [-0.1, -0.05) is 0 Å². The number of carbonyl (C=O) groups excluding carboxylic acids is 1. The molecule has 1 rings (SSSR count). The van der Waals surface area contributed by atoms with Crippen molar-refractivity contribution in [3.8, 4) is 6.01 Å². The van der Waals surface area contributed by atoms with E-state index in [1.54, 1.807) is 0 Å². The highest BCUT2D eigenvalue weighted by Crippen LogP contribution is 2.17. The van der Waals surface area contributed by atoms with Gasteiger partial charge in [0.25, 0.3) is 0 Å². The van der Waals surface area contributed by atoms with Crippen LogP contribution in [0.2, 0.25) is 0 Å². The molecule has 2 unspecified atom stereocenters. The molecule has 2 atom stereocenters. The van der Waals surface area contributed by atoms with Crippen molar-refractivity contribution in [3.63, 3.8) is 0 Å². The zero-order valence-corrected chi connectivity index (χ0v) is 10.3. The van der Waals surface area contributed by atoms with Crippen molar-refractivity contribution in [2.75, 3.05) is 13.7 Å². The molecule has 0 aromatic carbocycles. The number of nitrogens with one attached hydrogen (secondary N) is 1. The Balaban J connectivity index is 2.51. The monoisotopic (exact) mass is 255 g/mol. The summed E-state index contributed by atoms with van der Waals surface area (Å²) in [5.74, 6) is -0.176. The number of ether oxygens (including phenoxy) is 1. The van der Waals surface area contributed by atoms with Gasteiger partial charge in [-0.15, -0.1) is 0 Å². The molecule has 1 aromatic heterocycles. The van der Waals surface area contributed by atoms with E-state index in [-0.39, 0.29) is 18.3 Å². The van der Waals surface area contributed by atoms with Crippen molar-refractivity contribution in [2.45, 2.75) is 25.6 Å². The molecule has 0 saturated carbocycles. The van der Waals surface area contributed by atoms with Gasteiger partial charge < -0.3 is 20.3 Å². The maximum Gasteiger partial charge on any atom is 0.316 e. The first kappa shape index (κ1) is 14.3. The van der Waals surface area contributed by atoms with Crippen LogP contribution in [0, 0.1) is 0 Å². The number of aliphatic hydroxyl groups excluding tert-OH is 2. The fourth-order valence-corrected chi connectivity index (χ4v) is 1.36. The van der Waals surface area contributed by atoms with E-state index < -0.39 is 12.2 Å². The first-order valence-electron chi connectivity index (χ1n) is 5.51. The van der Waals surface area contributed by atoms with Gasteiger partial charge in [-0.2, -0.15) is 0 Å². The Bertz CT molecular complexity index is 382. The molecule has 7 nitrogen and oxygen atoms in total. The molecule has 0 saturated heterocycles. The fourth-order valence-electron chi connectivity index (χ4n) is 1.36. The normalized spacial score (nSPS) is 13.8. The maximum absolute atomic E-state index is 10.6. The molecular weight excluding hydrogens is 238 g/mol. The van der Waals surface area contributed by atoms with E-state index in [0.717, 1.165) is 0 Å². The molecular formula is C11H17N3O4. The van der Waals surface area contributed by atoms with Gasteiger partial charge in [0.15, 0.2) is 0 Å². The van der Waals surface area contributed by atoms with E-state index in [9.17, 15) is 15.0 Å². The topological polar surface area (TPSA) is 105 Å². The lowest BCUT2D eigenvalue weighted by Crippen LogP contribution is -2.27. The summed E-state index contributed by atoms with van der Waals surface area (Å²) in [5.41, 5.74) is 0.395. The van der Waals surface area contributed by atoms with Crippen molar-refractivity contribution in [1.82, 2.24) is 15.3 Å². The smallest absolute Gasteiger partial charge is 0.316 e. The number of aromatic nitrogens is 2. The lowest BCUT2D eigenvalue weighted by molar-refractivity contribution is -0.119. The van der Waals surface area contributed by atoms with E-state index in [0.29, 0.717) is 12.1 Å². The van der Waals surface area contributed by atoms with Gasteiger partial charge in [0.1, 0.15) is 6.10 Å². The molecule has 0 aliphatic heterocycles. The molecule has 0 fully saturated rings. The highest BCUT2D eigenvalue weighted by Gasteiger charge is 2.19. The standard InChI is InChI=1S/C11H17N3O4/c1-7(15)12-4-3-9(16)10(17)8-5-13-11(18-2)14-6-8/h5-6,9-10,16-17H,3-4H2,1-2H3,(H,12,15). The summed E-state index contributed by atoms with van der Waals surface area (Å²) >= 11 is 0. The summed E-state index contributed by atoms with van der Waals surface area (Å²) in [5, 5.41) is 22.1. The number of nitrogens with zero attached hydrogens (tertiary/aromatic N) is 2. The molecule has 0 aliphatic rings. The minimum Gasteiger partial charge on any atom is -0.467 e. The zero-order valence-electron chi connectivity index (χ0n) is 10.3. The van der Waals surface area contributed by atoms with Crippen LogP contribution in [0.15, 0.2) is 12.4 Å². The van der Waals surface area contributed by atoms with E-state index in [1.165, 1.54) is 26.4 Å². The van der Waals surface area contributed by atoms with Crippen molar-refractivity contribution >= 4 is 5.91 Å². The van der Waals surface area contributed by atoms with Crippen molar-refractivity contribution in [1.29, 1.82) is 0 Å². The zero-order chi connectivity index (χ0) is 13.5. The third kappa shape index (κ3) is 4.27. The molecule has 100 valence electrons. The fraction of sp³-hybridized carbons (Fsp3) is 0.545. The van der Waals surface area contributed by atoms with E-state index in [4.69, 9.17) is 4.74 Å². The van der Waals surface area contributed by atoms with Crippen molar-refractivity contribution in [2.24, 2.45) is 0 Å². The summed E-state index contributed by atoms with van der Waals surface area (Å²) in [6.07, 6.45) is 0.932. The van der Waals surface area contributed by atoms with Crippen LogP contribution in [0.25, 0.3) is 0 Å². The minimum atomic E-state index is -1.09. The Hall–Kier alpha value is -1.73. The van der Waals surface area contributed by atoms with Crippen LogP contribution in [-0.2, 0) is 4.79 Å². The highest BCUT2D eigenvalue weighted by atomic mass is 16.5. The SMILES string of the molecule is COc1ncc(C(O)C(O)CCNC(C)=O)cn1. The number of methoxy groups -OCH3 is 1. The number of aliphatic hydroxyl groups is 2. The largest absolute Gasteiger partial charge is 0.467 e. The Labute approximate surface area is 105 Å². The number of rotatable bonds is 6. The average Bonchev–Trinajstić information content (AvgIpc) is 2.37. The predicted octanol–water partition coefficient (Wildman–Crippen LogP) is -0.594. The number of carbonyl (C=O) groups is 1. The molecule has 18 heavy (non-hydrogen) atoms. The summed E-state index contributed by atoms with van der Waals surface area (Å²) in [6.45, 7) is 1.69. The second-order valence-corrected chi connectivity index (χ2v) is 3.79. The van der Waals surface area contributed by atoms with Crippen LogP contribution < -0.4 is 10.1 Å². The van der Waals surface area contributed by atoms with Gasteiger partial charge in [0, 0.05) is 31.4 Å². The first-order valence-corrected chi connectivity index (χ1v) is 5.51. The quantitative estimate of drug-likeness (QED) is 0.627. The summed E-state index contributed by atoms with van der Waals surface area (Å²) in [6, 6.07) is 0.193. The van der Waals surface area contributed by atoms with Gasteiger partial charge in [0.2, 0.25) is 5.91 Å². The van der Waals surface area contributed by atoms with Crippen LogP contribution in [0.1, 0.15) is 25.0 Å². The molecule has 0 aliphatic carbocycles. The number of hydrogen-bond acceptors (Lipinski definition) is 6. The first-order chi connectivity index (χ1) is 8.54. The summed E-state index contributed by atoms with van der Waals surface area (Å²) in [7, 11) is 1.44. The summed E-state index contributed by atoms with van der Waals surface area (Å²) in [4.78, 5) is 18.3. The maximum atomic E-state index is 10.6. The van der Waals surface area contributed by atoms with Crippen molar-refractivity contribution in [3.05, 3.63) is 18.0 Å². The lowest BCUT2D eigenvalue weighted by atomic mass is 10.1. The van der Waals surface area contributed by atoms with Gasteiger partial charge in [-0.05, 0) is 6.42 Å². The van der Waals surface area contributed by atoms with Crippen LogP contribution in [0.4, 0.5) is 0 Å². The average molecular weight is 255 g/mol. The Morgan fingerprint density at radius 3 is 2.56 bits per heavy atom. The predicted molar refractivity (Wildman–Crippen MR) is 62.9 cm³/mol. The molecule has 7 heteroatoms. The van der Waals surface area contributed by atoms with Crippen LogP contribution >= 0.6 is 0 Å². The van der Waals surface area contributed by atoms with Gasteiger partial charge in [-0.25, -0.2) is 9.97 Å². The molecule has 1 amide bonds. The molecule has 0 bridgehead atoms. The van der Waals surface area contributed by atoms with Gasteiger partial charge in [-0.3, -0.25) is 4.79 Å². The third-order valence-corrected chi connectivity index (χ3v) is 2.35. The van der Waals surface area contributed by atoms with E-state index in [2.05, 4.69) is 15.3 Å². The van der Waals surface area contributed by atoms with Crippen LogP contribution in [0.5, 0.6) is 6.01 Å². The minimum absolute atomic E-state index is 0.176. The third-order valence-electron chi connectivity index (χ3n) is 2.35. The van der Waals surface area contributed by atoms with Gasteiger partial charge >= 0.3 is 6.01 Å². The Morgan fingerprint density at radius 2 is 2.06 bits per heavy atom. The second kappa shape index (κ2) is 6.87. The molecule has 3 N–H and O–H groups in total. The molecule has 1 heterocycles. The van der Waals surface area contributed by atoms with E-state index in [1.807, 2.05) is 0 Å². The molecule has 0 spiro atoms.